The van der Waals surface area contributed by atoms with Gasteiger partial charge in [-0.2, -0.15) is 5.10 Å². The first kappa shape index (κ1) is 58.4. The van der Waals surface area contributed by atoms with E-state index < -0.39 is 125 Å². The Kier molecular flexibility index (Phi) is 22.3. The van der Waals surface area contributed by atoms with E-state index >= 15 is 0 Å². The third-order valence-electron chi connectivity index (χ3n) is 10.8. The molecular formula is C45H64N14O12S. The zero-order chi connectivity index (χ0) is 53.9. The molecule has 0 saturated heterocycles. The van der Waals surface area contributed by atoms with Gasteiger partial charge in [-0.05, 0) is 69.4 Å². The molecule has 0 aliphatic carbocycles. The van der Waals surface area contributed by atoms with Crippen LogP contribution in [0.15, 0.2) is 70.6 Å². The van der Waals surface area contributed by atoms with Crippen molar-refractivity contribution in [1.29, 1.82) is 0 Å². The van der Waals surface area contributed by atoms with Crippen molar-refractivity contribution in [2.45, 2.75) is 114 Å². The maximum Gasteiger partial charge on any atom is 0.414 e. The number of carbonyl (C=O) groups is 9. The zero-order valence-electron chi connectivity index (χ0n) is 40.5. The number of guanidine groups is 1. The number of hydrogen-bond donors (Lipinski definition) is 11. The summed E-state index contributed by atoms with van der Waals surface area (Å²) in [5, 5.41) is 18.8. The minimum atomic E-state index is -3.47. The van der Waals surface area contributed by atoms with Gasteiger partial charge in [0, 0.05) is 24.8 Å². The monoisotopic (exact) mass is 1020 g/mol. The van der Waals surface area contributed by atoms with Crippen LogP contribution in [0.1, 0.15) is 71.9 Å². The van der Waals surface area contributed by atoms with Crippen LogP contribution in [0.2, 0.25) is 0 Å². The summed E-state index contributed by atoms with van der Waals surface area (Å²) in [7, 11) is -3.47. The smallest absolute Gasteiger partial charge is 0.414 e. The maximum absolute atomic E-state index is 13.9. The minimum Gasteiger partial charge on any atom is -0.443 e. The first-order chi connectivity index (χ1) is 33.8. The molecular weight excluding hydrogens is 961 g/mol. The summed E-state index contributed by atoms with van der Waals surface area (Å²) in [6.45, 7) is 5.48. The quantitative estimate of drug-likeness (QED) is 0.0218. The Bertz CT molecular complexity index is 2570. The number of benzene rings is 2. The van der Waals surface area contributed by atoms with Gasteiger partial charge in [-0.1, -0.05) is 50.6 Å². The Morgan fingerprint density at radius 1 is 0.722 bits per heavy atom. The van der Waals surface area contributed by atoms with Crippen molar-refractivity contribution in [2.24, 2.45) is 39.6 Å². The van der Waals surface area contributed by atoms with Crippen molar-refractivity contribution in [1.82, 2.24) is 41.7 Å². The van der Waals surface area contributed by atoms with Crippen LogP contribution in [0.5, 0.6) is 0 Å². The molecule has 2 aromatic carbocycles. The van der Waals surface area contributed by atoms with E-state index in [0.29, 0.717) is 17.8 Å². The van der Waals surface area contributed by atoms with E-state index in [0.717, 1.165) is 11.8 Å². The molecule has 72 heavy (non-hydrogen) atoms. The number of amides is 9. The number of hydrogen-bond acceptors (Lipinski definition) is 15. The highest BCUT2D eigenvalue weighted by molar-refractivity contribution is 7.90. The molecule has 0 saturated carbocycles. The number of alkyl carbamates (subject to hydrolysis) is 1. The molecule has 0 radical (unpaired) electrons. The molecule has 0 bridgehead atoms. The topological polar surface area (TPSA) is 429 Å². The lowest BCUT2D eigenvalue weighted by Gasteiger charge is -2.29. The second-order valence-corrected chi connectivity index (χ2v) is 18.8. The average molecular weight is 1030 g/mol. The summed E-state index contributed by atoms with van der Waals surface area (Å²) in [5.41, 5.74) is 29.2. The van der Waals surface area contributed by atoms with Crippen LogP contribution in [-0.4, -0.2) is 127 Å². The van der Waals surface area contributed by atoms with Crippen LogP contribution in [0.4, 0.5) is 4.79 Å². The highest BCUT2D eigenvalue weighted by Crippen LogP contribution is 2.25. The van der Waals surface area contributed by atoms with Crippen LogP contribution in [-0.2, 0) is 59.5 Å². The fourth-order valence-electron chi connectivity index (χ4n) is 6.64. The van der Waals surface area contributed by atoms with E-state index in [1.54, 1.807) is 44.2 Å². The molecule has 3 rings (SSSR count). The number of imide groups is 1. The number of nitrogens with zero attached hydrogens (tertiary/aromatic N) is 3. The van der Waals surface area contributed by atoms with Crippen molar-refractivity contribution < 1.29 is 56.3 Å². The predicted molar refractivity (Wildman–Crippen MR) is 261 cm³/mol. The number of primary amides is 2. The van der Waals surface area contributed by atoms with Gasteiger partial charge >= 0.3 is 6.09 Å². The summed E-state index contributed by atoms with van der Waals surface area (Å²) in [6, 6.07) is 8.34. The number of sulfone groups is 1. The normalized spacial score (nSPS) is 14.0. The van der Waals surface area contributed by atoms with Gasteiger partial charge in [0.25, 0.3) is 5.91 Å². The van der Waals surface area contributed by atoms with Gasteiger partial charge in [-0.25, -0.2) is 17.9 Å². The molecule has 0 aliphatic heterocycles. The van der Waals surface area contributed by atoms with Gasteiger partial charge in [-0.15, -0.1) is 0 Å². The lowest BCUT2D eigenvalue weighted by molar-refractivity contribution is -0.136. The van der Waals surface area contributed by atoms with Crippen molar-refractivity contribution in [3.05, 3.63) is 66.4 Å². The molecule has 1 heterocycles. The Morgan fingerprint density at radius 3 is 1.88 bits per heavy atom. The number of carbonyl (C=O) groups excluding carboxylic acids is 9. The molecule has 7 atom stereocenters. The van der Waals surface area contributed by atoms with Crippen LogP contribution in [0.3, 0.4) is 0 Å². The minimum absolute atomic E-state index is 0.00390. The summed E-state index contributed by atoms with van der Waals surface area (Å²) in [5.74, 6) is -8.25. The SMILES string of the molecule is CC[C@H](C)[C@H](NC(=O)[C@H](CC(N)=O)NC(=O)[C@H](C)N)C(=O)N[C@@H](CCC(N)=O)C(=O)N[C@@H](CCCN=C(N)N)C(=O)N[C@@H](C)C(=O)NC(=O)OCc1cc(-c2ccccc2)n(-c2ccc(S(C)(=O)=O)cc2)n1. The highest BCUT2D eigenvalue weighted by atomic mass is 32.2. The number of aromatic nitrogens is 2. The van der Waals surface area contributed by atoms with Crippen LogP contribution in [0, 0.1) is 5.92 Å². The first-order valence-electron chi connectivity index (χ1n) is 22.6. The van der Waals surface area contributed by atoms with Crippen LogP contribution in [0.25, 0.3) is 16.9 Å². The molecule has 0 spiro atoms. The fraction of sp³-hybridized carbons (Fsp3) is 0.444. The lowest BCUT2D eigenvalue weighted by atomic mass is 9.96. The number of aliphatic imine (C=N–C) groups is 1. The molecule has 392 valence electrons. The van der Waals surface area contributed by atoms with Crippen molar-refractivity contribution in [3.63, 3.8) is 0 Å². The summed E-state index contributed by atoms with van der Waals surface area (Å²) in [6.07, 6.45) is -1.29. The Morgan fingerprint density at radius 2 is 1.31 bits per heavy atom. The number of rotatable bonds is 27. The summed E-state index contributed by atoms with van der Waals surface area (Å²) < 4.78 is 30.9. The van der Waals surface area contributed by atoms with E-state index in [9.17, 15) is 51.6 Å². The lowest BCUT2D eigenvalue weighted by Crippen LogP contribution is -2.60. The third kappa shape index (κ3) is 18.8. The Hall–Kier alpha value is -7.94. The van der Waals surface area contributed by atoms with Gasteiger partial charge in [0.15, 0.2) is 15.8 Å². The standard InChI is InChI=1S/C45H64N14O12S/c1-6-24(2)37(56-42(66)33(22-36(48)61)55-38(62)25(3)46)43(67)54-32(18-19-35(47)60)41(65)53-31(13-10-20-51-44(49)50)40(64)52-26(4)39(63)57-45(68)71-23-28-21-34(27-11-8-7-9-12-27)59(58-28)29-14-16-30(17-15-29)72(5,69)70/h7-9,11-12,14-17,21,24-26,31-33,37H,6,10,13,18-20,22-23,46H2,1-5H3,(H2,47,60)(H2,48,61)(H,52,64)(H,53,65)(H,54,67)(H,55,62)(H,56,66)(H4,49,50,51)(H,57,63,68)/t24-,25-,26-,31-,32-,33-,37-/m0/s1. The predicted octanol–water partition coefficient (Wildman–Crippen LogP) is -2.27. The van der Waals surface area contributed by atoms with Gasteiger partial charge in [0.05, 0.1) is 28.7 Å². The molecule has 16 N–H and O–H groups in total. The Labute approximate surface area is 415 Å². The van der Waals surface area contributed by atoms with E-state index in [2.05, 4.69) is 36.7 Å². The molecule has 0 unspecified atom stereocenters. The fourth-order valence-corrected chi connectivity index (χ4v) is 7.27. The van der Waals surface area contributed by atoms with Crippen molar-refractivity contribution in [2.75, 3.05) is 12.8 Å². The number of nitrogens with two attached hydrogens (primary N) is 5. The van der Waals surface area contributed by atoms with E-state index in [1.165, 1.54) is 30.7 Å². The molecule has 1 aromatic heterocycles. The molecule has 26 nitrogen and oxygen atoms in total. The molecule has 3 aromatic rings. The second-order valence-electron chi connectivity index (χ2n) is 16.8. The van der Waals surface area contributed by atoms with Gasteiger partial charge in [-0.3, -0.25) is 48.7 Å². The molecule has 0 aliphatic rings. The summed E-state index contributed by atoms with van der Waals surface area (Å²) >= 11 is 0. The maximum atomic E-state index is 13.9. The Balaban J connectivity index is 1.77. The van der Waals surface area contributed by atoms with E-state index in [4.69, 9.17) is 33.4 Å². The van der Waals surface area contributed by atoms with Crippen molar-refractivity contribution >= 4 is 69.1 Å². The second kappa shape index (κ2) is 27.5. The van der Waals surface area contributed by atoms with Gasteiger partial charge in [0.1, 0.15) is 42.5 Å². The third-order valence-corrected chi connectivity index (χ3v) is 11.9. The van der Waals surface area contributed by atoms with Crippen LogP contribution >= 0.6 is 0 Å². The van der Waals surface area contributed by atoms with Crippen LogP contribution < -0.4 is 60.6 Å². The largest absolute Gasteiger partial charge is 0.443 e. The first-order valence-corrected chi connectivity index (χ1v) is 24.5. The molecule has 9 amide bonds. The molecule has 0 fully saturated rings. The number of nitrogens with one attached hydrogen (secondary N) is 6. The number of ether oxygens (including phenoxy) is 1. The molecule has 27 heteroatoms. The van der Waals surface area contributed by atoms with Gasteiger partial charge < -0.3 is 60.0 Å². The van der Waals surface area contributed by atoms with E-state index in [1.807, 2.05) is 23.5 Å². The van der Waals surface area contributed by atoms with E-state index in [-0.39, 0.29) is 42.4 Å². The summed E-state index contributed by atoms with van der Waals surface area (Å²) in [4.78, 5) is 121. The van der Waals surface area contributed by atoms with Gasteiger partial charge in [0.2, 0.25) is 41.4 Å². The highest BCUT2D eigenvalue weighted by Gasteiger charge is 2.35. The zero-order valence-corrected chi connectivity index (χ0v) is 41.3. The van der Waals surface area contributed by atoms with Crippen molar-refractivity contribution in [3.8, 4) is 16.9 Å². The average Bonchev–Trinajstić information content (AvgIpc) is 3.75.